The molecule has 1 rings (SSSR count). The van der Waals surface area contributed by atoms with Crippen molar-refractivity contribution in [1.29, 1.82) is 0 Å². The van der Waals surface area contributed by atoms with Crippen molar-refractivity contribution in [1.82, 2.24) is 0 Å². The van der Waals surface area contributed by atoms with Gasteiger partial charge in [-0.1, -0.05) is 189 Å². The van der Waals surface area contributed by atoms with Gasteiger partial charge in [-0.3, -0.25) is 14.4 Å². The lowest BCUT2D eigenvalue weighted by Gasteiger charge is -2.40. The molecule has 1 saturated heterocycles. The Morgan fingerprint density at radius 3 is 1.29 bits per heavy atom. The molecule has 0 aromatic rings. The monoisotopic (exact) mass is 1050 g/mol. The Kier molecular flexibility index (Phi) is 46.2. The van der Waals surface area contributed by atoms with E-state index in [1.54, 1.807) is 0 Å². The fourth-order valence-electron chi connectivity index (χ4n) is 8.19. The highest BCUT2D eigenvalue weighted by Gasteiger charge is 2.50. The molecule has 0 bridgehead atoms. The van der Waals surface area contributed by atoms with Gasteiger partial charge in [0, 0.05) is 19.3 Å². The number of carboxylic acids is 1. The van der Waals surface area contributed by atoms with Gasteiger partial charge >= 0.3 is 23.9 Å². The van der Waals surface area contributed by atoms with Crippen LogP contribution in [-0.2, 0) is 42.9 Å². The minimum absolute atomic E-state index is 0.0417. The molecule has 0 radical (unpaired) electrons. The number of allylic oxidation sites excluding steroid dienone is 16. The third-order valence-corrected chi connectivity index (χ3v) is 12.6. The van der Waals surface area contributed by atoms with E-state index < -0.39 is 67.3 Å². The van der Waals surface area contributed by atoms with Crippen LogP contribution in [0.1, 0.15) is 226 Å². The summed E-state index contributed by atoms with van der Waals surface area (Å²) in [6, 6.07) is 0. The molecule has 75 heavy (non-hydrogen) atoms. The molecule has 1 aliphatic heterocycles. The zero-order chi connectivity index (χ0) is 54.7. The van der Waals surface area contributed by atoms with E-state index in [2.05, 4.69) is 118 Å². The number of aliphatic hydroxyl groups excluding tert-OH is 2. The highest BCUT2D eigenvalue weighted by molar-refractivity contribution is 5.74. The van der Waals surface area contributed by atoms with Crippen molar-refractivity contribution in [3.63, 3.8) is 0 Å². The predicted octanol–water partition coefficient (Wildman–Crippen LogP) is 14.9. The molecule has 12 nitrogen and oxygen atoms in total. The summed E-state index contributed by atoms with van der Waals surface area (Å²) >= 11 is 0. The summed E-state index contributed by atoms with van der Waals surface area (Å²) in [7, 11) is 0. The Balaban J connectivity index is 2.74. The second-order valence-electron chi connectivity index (χ2n) is 19.5. The number of carbonyl (C=O) groups is 4. The zero-order valence-corrected chi connectivity index (χ0v) is 46.8. The van der Waals surface area contributed by atoms with Crippen LogP contribution in [-0.4, -0.2) is 89.2 Å². The Morgan fingerprint density at radius 1 is 0.453 bits per heavy atom. The standard InChI is InChI=1S/C63H102O12/c1-4-7-10-13-16-19-22-25-27-28-30-32-34-37-40-43-46-49-55(64)71-52-54(73-56(65)50-47-44-41-38-36-33-29-26-23-20-17-14-11-8-5-2)53-72-63-61(59(68)58(67)60(75-63)62(69)70)74-57(66)51-48-45-42-39-35-31-24-21-18-15-12-9-6-3/h7-8,10-11,16-17,19-21,24-27,29-30,32,54,58-61,63,67-68H,4-6,9,12-15,18,22-23,28,31,33-53H2,1-3H3,(H,69,70)/b10-7-,11-8-,19-16-,20-17-,24-21-,27-25-,29-26-,32-30-. The molecule has 0 amide bonds. The van der Waals surface area contributed by atoms with Crippen LogP contribution >= 0.6 is 0 Å². The number of hydrogen-bond acceptors (Lipinski definition) is 11. The lowest BCUT2D eigenvalue weighted by molar-refractivity contribution is -0.301. The number of ether oxygens (including phenoxy) is 5. The maximum Gasteiger partial charge on any atom is 0.335 e. The van der Waals surface area contributed by atoms with Crippen LogP contribution in [0.3, 0.4) is 0 Å². The topological polar surface area (TPSA) is 175 Å². The van der Waals surface area contributed by atoms with E-state index in [1.807, 2.05) is 0 Å². The lowest BCUT2D eigenvalue weighted by atomic mass is 9.98. The Morgan fingerprint density at radius 2 is 0.840 bits per heavy atom. The van der Waals surface area contributed by atoms with Gasteiger partial charge in [-0.05, 0) is 116 Å². The minimum atomic E-state index is -1.92. The average Bonchev–Trinajstić information content (AvgIpc) is 3.39. The van der Waals surface area contributed by atoms with Crippen molar-refractivity contribution in [3.05, 3.63) is 97.2 Å². The smallest absolute Gasteiger partial charge is 0.335 e. The van der Waals surface area contributed by atoms with Gasteiger partial charge in [-0.25, -0.2) is 4.79 Å². The summed E-state index contributed by atoms with van der Waals surface area (Å²) in [5.41, 5.74) is 0. The lowest BCUT2D eigenvalue weighted by Crippen LogP contribution is -2.61. The van der Waals surface area contributed by atoms with Crippen LogP contribution in [0.4, 0.5) is 0 Å². The number of carbonyl (C=O) groups excluding carboxylic acids is 3. The number of esters is 3. The van der Waals surface area contributed by atoms with Gasteiger partial charge in [0.1, 0.15) is 18.8 Å². The fourth-order valence-corrected chi connectivity index (χ4v) is 8.19. The molecule has 1 heterocycles. The predicted molar refractivity (Wildman–Crippen MR) is 303 cm³/mol. The van der Waals surface area contributed by atoms with Crippen molar-refractivity contribution < 1.29 is 58.2 Å². The summed E-state index contributed by atoms with van der Waals surface area (Å²) in [6.07, 6.45) is 53.7. The van der Waals surface area contributed by atoms with Gasteiger partial charge in [0.05, 0.1) is 6.61 Å². The van der Waals surface area contributed by atoms with E-state index >= 15 is 0 Å². The van der Waals surface area contributed by atoms with Gasteiger partial charge in [0.2, 0.25) is 0 Å². The molecule has 1 aliphatic rings. The molecular formula is C63H102O12. The van der Waals surface area contributed by atoms with Crippen molar-refractivity contribution in [2.45, 2.75) is 263 Å². The number of carboxylic acid groups (broad SMARTS) is 1. The van der Waals surface area contributed by atoms with Crippen molar-refractivity contribution in [2.75, 3.05) is 13.2 Å². The summed E-state index contributed by atoms with van der Waals surface area (Å²) in [6.45, 7) is 5.70. The third kappa shape index (κ3) is 40.6. The number of hydrogen-bond donors (Lipinski definition) is 3. The van der Waals surface area contributed by atoms with Crippen LogP contribution < -0.4 is 0 Å². The van der Waals surface area contributed by atoms with Crippen LogP contribution in [0.15, 0.2) is 97.2 Å². The maximum atomic E-state index is 13.1. The van der Waals surface area contributed by atoms with Crippen molar-refractivity contribution in [3.8, 4) is 0 Å². The SMILES string of the molecule is CC/C=C\C/C=C\C/C=C\C/C=C\CCCCCCC(=O)OCC(COC1OC(C(=O)O)C(O)C(O)C1OC(=O)CCCCCCC/C=C\CCCCCC)OC(=O)CCCCCCC/C=C\C/C=C\C/C=C\CC. The number of rotatable bonds is 48. The van der Waals surface area contributed by atoms with Crippen LogP contribution in [0.5, 0.6) is 0 Å². The molecule has 0 saturated carbocycles. The molecule has 12 heteroatoms. The van der Waals surface area contributed by atoms with Crippen LogP contribution in [0, 0.1) is 0 Å². The summed E-state index contributed by atoms with van der Waals surface area (Å²) < 4.78 is 28.4. The molecule has 0 aromatic carbocycles. The molecule has 0 aromatic heterocycles. The van der Waals surface area contributed by atoms with E-state index in [-0.39, 0.29) is 25.9 Å². The molecule has 426 valence electrons. The first kappa shape index (κ1) is 68.7. The van der Waals surface area contributed by atoms with E-state index in [4.69, 9.17) is 23.7 Å². The zero-order valence-electron chi connectivity index (χ0n) is 46.8. The first-order valence-corrected chi connectivity index (χ1v) is 29.2. The number of unbranched alkanes of at least 4 members (excludes halogenated alkanes) is 18. The molecular weight excluding hydrogens is 949 g/mol. The van der Waals surface area contributed by atoms with Gasteiger partial charge in [0.15, 0.2) is 24.6 Å². The van der Waals surface area contributed by atoms with E-state index in [0.717, 1.165) is 141 Å². The summed E-state index contributed by atoms with van der Waals surface area (Å²) in [5.74, 6) is -3.19. The molecule has 3 N–H and O–H groups in total. The van der Waals surface area contributed by atoms with Crippen molar-refractivity contribution in [2.24, 2.45) is 0 Å². The maximum absolute atomic E-state index is 13.1. The highest BCUT2D eigenvalue weighted by atomic mass is 16.7. The molecule has 1 fully saturated rings. The first-order chi connectivity index (χ1) is 36.6. The Bertz CT molecular complexity index is 1670. The molecule has 0 aliphatic carbocycles. The highest BCUT2D eigenvalue weighted by Crippen LogP contribution is 2.26. The second-order valence-corrected chi connectivity index (χ2v) is 19.5. The Hall–Kier alpha value is -4.36. The van der Waals surface area contributed by atoms with E-state index in [9.17, 15) is 34.5 Å². The van der Waals surface area contributed by atoms with E-state index in [1.165, 1.54) is 25.7 Å². The van der Waals surface area contributed by atoms with Crippen LogP contribution in [0.2, 0.25) is 0 Å². The molecule has 0 spiro atoms. The molecule has 6 unspecified atom stereocenters. The van der Waals surface area contributed by atoms with Gasteiger partial charge < -0.3 is 39.0 Å². The number of aliphatic carboxylic acids is 1. The number of aliphatic hydroxyl groups is 2. The molecule has 6 atom stereocenters. The summed E-state index contributed by atoms with van der Waals surface area (Å²) in [4.78, 5) is 51.1. The Labute approximate surface area is 453 Å². The fraction of sp³-hybridized carbons (Fsp3) is 0.683. The normalized spacial score (nSPS) is 18.9. The van der Waals surface area contributed by atoms with Crippen molar-refractivity contribution >= 4 is 23.9 Å². The van der Waals surface area contributed by atoms with E-state index in [0.29, 0.717) is 19.3 Å². The quantitative estimate of drug-likeness (QED) is 0.0228. The minimum Gasteiger partial charge on any atom is -0.479 e. The van der Waals surface area contributed by atoms with Crippen LogP contribution in [0.25, 0.3) is 0 Å². The third-order valence-electron chi connectivity index (χ3n) is 12.6. The first-order valence-electron chi connectivity index (χ1n) is 29.2. The van der Waals surface area contributed by atoms with Gasteiger partial charge in [-0.15, -0.1) is 0 Å². The largest absolute Gasteiger partial charge is 0.479 e. The summed E-state index contributed by atoms with van der Waals surface area (Å²) in [5, 5.41) is 31.5. The average molecular weight is 1050 g/mol. The van der Waals surface area contributed by atoms with Gasteiger partial charge in [0.25, 0.3) is 0 Å². The second kappa shape index (κ2) is 50.5. The van der Waals surface area contributed by atoms with Gasteiger partial charge in [-0.2, -0.15) is 0 Å².